The Kier molecular flexibility index (Phi) is 7.23. The Hall–Kier alpha value is -2.44. The molecule has 6 heteroatoms. The zero-order chi connectivity index (χ0) is 20.8. The van der Waals surface area contributed by atoms with Crippen molar-refractivity contribution in [2.75, 3.05) is 31.5 Å². The van der Waals surface area contributed by atoms with E-state index in [2.05, 4.69) is 21.2 Å². The highest BCUT2D eigenvalue weighted by Crippen LogP contribution is 2.22. The molecular weight excluding hydrogens is 369 g/mol. The number of para-hydroxylation sites is 1. The van der Waals surface area contributed by atoms with Gasteiger partial charge in [-0.3, -0.25) is 14.6 Å². The number of hydrogen-bond acceptors (Lipinski definition) is 4. The molecule has 2 aromatic rings. The van der Waals surface area contributed by atoms with E-state index in [1.807, 2.05) is 39.0 Å². The quantitative estimate of drug-likeness (QED) is 0.770. The van der Waals surface area contributed by atoms with Crippen molar-refractivity contribution in [3.63, 3.8) is 0 Å². The van der Waals surface area contributed by atoms with Gasteiger partial charge in [-0.05, 0) is 45.0 Å². The fourth-order valence-electron chi connectivity index (χ4n) is 3.53. The number of hydrogen-bond donors (Lipinski definition) is 1. The van der Waals surface area contributed by atoms with Crippen LogP contribution in [0.5, 0.6) is 5.75 Å². The number of nitrogens with one attached hydrogen (secondary N) is 1. The summed E-state index contributed by atoms with van der Waals surface area (Å²) in [4.78, 5) is 17.1. The van der Waals surface area contributed by atoms with Crippen molar-refractivity contribution in [1.29, 1.82) is 0 Å². The van der Waals surface area contributed by atoms with Crippen molar-refractivity contribution >= 4 is 11.6 Å². The molecule has 1 aliphatic rings. The second-order valence-corrected chi connectivity index (χ2v) is 7.76. The number of carbonyl (C=O) groups is 1. The van der Waals surface area contributed by atoms with Gasteiger partial charge >= 0.3 is 0 Å². The number of ether oxygens (including phenoxy) is 1. The van der Waals surface area contributed by atoms with E-state index in [1.54, 1.807) is 12.1 Å². The Morgan fingerprint density at radius 3 is 2.48 bits per heavy atom. The maximum atomic E-state index is 13.3. The summed E-state index contributed by atoms with van der Waals surface area (Å²) in [6.07, 6.45) is 0.144. The molecule has 0 bridgehead atoms. The Balaban J connectivity index is 1.52. The molecule has 1 amide bonds. The van der Waals surface area contributed by atoms with Gasteiger partial charge in [-0.2, -0.15) is 0 Å². The number of amides is 1. The molecule has 0 spiro atoms. The number of nitrogens with zero attached hydrogens (tertiary/aromatic N) is 2. The number of carbonyl (C=O) groups excluding carboxylic acids is 1. The molecule has 1 saturated heterocycles. The molecule has 5 nitrogen and oxygen atoms in total. The molecule has 0 aliphatic carbocycles. The SMILES string of the molecule is CC(C)Oc1ccccc1CN1CCN(C(C)C(=O)Nc2cccc(F)c2)CC1. The van der Waals surface area contributed by atoms with Gasteiger partial charge in [0, 0.05) is 44.0 Å². The van der Waals surface area contributed by atoms with Crippen LogP contribution < -0.4 is 10.1 Å². The van der Waals surface area contributed by atoms with Crippen LogP contribution >= 0.6 is 0 Å². The minimum Gasteiger partial charge on any atom is -0.491 e. The lowest BCUT2D eigenvalue weighted by Crippen LogP contribution is -2.52. The molecule has 156 valence electrons. The van der Waals surface area contributed by atoms with Crippen molar-refractivity contribution in [2.45, 2.75) is 39.5 Å². The maximum absolute atomic E-state index is 13.3. The molecule has 1 atom stereocenters. The van der Waals surface area contributed by atoms with Crippen LogP contribution in [0.25, 0.3) is 0 Å². The molecule has 1 aliphatic heterocycles. The predicted molar refractivity (Wildman–Crippen MR) is 114 cm³/mol. The van der Waals surface area contributed by atoms with Crippen molar-refractivity contribution in [2.24, 2.45) is 0 Å². The first-order valence-electron chi connectivity index (χ1n) is 10.2. The summed E-state index contributed by atoms with van der Waals surface area (Å²) in [7, 11) is 0. The zero-order valence-corrected chi connectivity index (χ0v) is 17.4. The lowest BCUT2D eigenvalue weighted by Gasteiger charge is -2.37. The Morgan fingerprint density at radius 2 is 1.79 bits per heavy atom. The molecule has 0 radical (unpaired) electrons. The lowest BCUT2D eigenvalue weighted by molar-refractivity contribution is -0.121. The zero-order valence-electron chi connectivity index (χ0n) is 17.4. The van der Waals surface area contributed by atoms with Crippen molar-refractivity contribution < 1.29 is 13.9 Å². The standard InChI is InChI=1S/C23H30FN3O2/c1-17(2)29-22-10-5-4-7-19(22)16-26-11-13-27(14-12-26)18(3)23(28)25-21-9-6-8-20(24)15-21/h4-10,15,17-18H,11-14,16H2,1-3H3,(H,25,28). The molecule has 3 rings (SSSR count). The van der Waals surface area contributed by atoms with E-state index in [-0.39, 0.29) is 23.9 Å². The first-order valence-corrected chi connectivity index (χ1v) is 10.2. The molecule has 1 fully saturated rings. The molecule has 29 heavy (non-hydrogen) atoms. The summed E-state index contributed by atoms with van der Waals surface area (Å²) in [6, 6.07) is 13.9. The van der Waals surface area contributed by atoms with Crippen LogP contribution in [0.4, 0.5) is 10.1 Å². The van der Waals surface area contributed by atoms with E-state index in [9.17, 15) is 9.18 Å². The number of rotatable bonds is 7. The van der Waals surface area contributed by atoms with E-state index in [4.69, 9.17) is 4.74 Å². The number of piperazine rings is 1. The number of anilines is 1. The Morgan fingerprint density at radius 1 is 1.07 bits per heavy atom. The Bertz CT molecular complexity index is 819. The molecule has 1 heterocycles. The maximum Gasteiger partial charge on any atom is 0.241 e. The van der Waals surface area contributed by atoms with Gasteiger partial charge in [0.2, 0.25) is 5.91 Å². The fraction of sp³-hybridized carbons (Fsp3) is 0.435. The molecule has 1 unspecified atom stereocenters. The number of halogens is 1. The molecule has 1 N–H and O–H groups in total. The van der Waals surface area contributed by atoms with E-state index in [0.717, 1.165) is 38.5 Å². The molecule has 0 saturated carbocycles. The monoisotopic (exact) mass is 399 g/mol. The van der Waals surface area contributed by atoms with Crippen molar-refractivity contribution in [3.05, 3.63) is 59.9 Å². The average molecular weight is 400 g/mol. The summed E-state index contributed by atoms with van der Waals surface area (Å²) in [6.45, 7) is 10.2. The molecule has 2 aromatic carbocycles. The van der Waals surface area contributed by atoms with Crippen molar-refractivity contribution in [3.8, 4) is 5.75 Å². The van der Waals surface area contributed by atoms with Crippen LogP contribution in [0.2, 0.25) is 0 Å². The van der Waals surface area contributed by atoms with Crippen LogP contribution in [0, 0.1) is 5.82 Å². The highest BCUT2D eigenvalue weighted by Gasteiger charge is 2.26. The van der Waals surface area contributed by atoms with Gasteiger partial charge in [0.05, 0.1) is 12.1 Å². The summed E-state index contributed by atoms with van der Waals surface area (Å²) < 4.78 is 19.2. The second-order valence-electron chi connectivity index (χ2n) is 7.76. The van der Waals surface area contributed by atoms with Crippen LogP contribution in [0.3, 0.4) is 0 Å². The third kappa shape index (κ3) is 6.02. The highest BCUT2D eigenvalue weighted by atomic mass is 19.1. The Labute approximate surface area is 172 Å². The predicted octanol–water partition coefficient (Wildman–Crippen LogP) is 3.76. The molecular formula is C23H30FN3O2. The van der Waals surface area contributed by atoms with Crippen molar-refractivity contribution in [1.82, 2.24) is 9.80 Å². The van der Waals surface area contributed by atoms with E-state index < -0.39 is 0 Å². The van der Waals surface area contributed by atoms with E-state index in [0.29, 0.717) is 5.69 Å². The van der Waals surface area contributed by atoms with Gasteiger partial charge in [0.15, 0.2) is 0 Å². The van der Waals surface area contributed by atoms with E-state index >= 15 is 0 Å². The third-order valence-corrected chi connectivity index (χ3v) is 5.16. The summed E-state index contributed by atoms with van der Waals surface area (Å²) in [5.74, 6) is 0.471. The smallest absolute Gasteiger partial charge is 0.241 e. The van der Waals surface area contributed by atoms with Gasteiger partial charge in [-0.1, -0.05) is 24.3 Å². The average Bonchev–Trinajstić information content (AvgIpc) is 2.69. The second kappa shape index (κ2) is 9.85. The summed E-state index contributed by atoms with van der Waals surface area (Å²) in [5, 5.41) is 2.81. The van der Waals surface area contributed by atoms with Gasteiger partial charge in [-0.15, -0.1) is 0 Å². The minimum atomic E-state index is -0.356. The van der Waals surface area contributed by atoms with Gasteiger partial charge in [-0.25, -0.2) is 4.39 Å². The highest BCUT2D eigenvalue weighted by molar-refractivity contribution is 5.94. The first-order chi connectivity index (χ1) is 13.9. The largest absolute Gasteiger partial charge is 0.491 e. The number of benzene rings is 2. The van der Waals surface area contributed by atoms with Gasteiger partial charge in [0.25, 0.3) is 0 Å². The molecule has 0 aromatic heterocycles. The van der Waals surface area contributed by atoms with E-state index in [1.165, 1.54) is 17.7 Å². The lowest BCUT2D eigenvalue weighted by atomic mass is 10.1. The fourth-order valence-corrected chi connectivity index (χ4v) is 3.53. The summed E-state index contributed by atoms with van der Waals surface area (Å²) >= 11 is 0. The normalized spacial score (nSPS) is 16.6. The van der Waals surface area contributed by atoms with Crippen LogP contribution in [0.15, 0.2) is 48.5 Å². The topological polar surface area (TPSA) is 44.8 Å². The third-order valence-electron chi connectivity index (χ3n) is 5.16. The first kappa shape index (κ1) is 21.3. The summed E-state index contributed by atoms with van der Waals surface area (Å²) in [5.41, 5.74) is 1.67. The minimum absolute atomic E-state index is 0.111. The van der Waals surface area contributed by atoms with Crippen LogP contribution in [-0.2, 0) is 11.3 Å². The van der Waals surface area contributed by atoms with Crippen LogP contribution in [0.1, 0.15) is 26.3 Å². The van der Waals surface area contributed by atoms with Crippen LogP contribution in [-0.4, -0.2) is 54.0 Å². The van der Waals surface area contributed by atoms with Gasteiger partial charge in [0.1, 0.15) is 11.6 Å². The van der Waals surface area contributed by atoms with Gasteiger partial charge < -0.3 is 10.1 Å².